The number of halogens is 1. The van der Waals surface area contributed by atoms with E-state index in [2.05, 4.69) is 4.72 Å². The van der Waals surface area contributed by atoms with E-state index in [0.29, 0.717) is 5.56 Å². The zero-order chi connectivity index (χ0) is 14.2. The second-order valence-electron chi connectivity index (χ2n) is 4.80. The summed E-state index contributed by atoms with van der Waals surface area (Å²) in [5.41, 5.74) is 5.75. The topological polar surface area (TPSA) is 96.0 Å². The molecular weight excluding hydrogens is 269 g/mol. The fourth-order valence-electron chi connectivity index (χ4n) is 1.99. The lowest BCUT2D eigenvalue weighted by Gasteiger charge is -2.17. The Morgan fingerprint density at radius 2 is 2.16 bits per heavy atom. The van der Waals surface area contributed by atoms with E-state index in [1.165, 1.54) is 13.0 Å². The van der Waals surface area contributed by atoms with Crippen LogP contribution in [0, 0.1) is 24.1 Å². The Kier molecular flexibility index (Phi) is 3.60. The molecule has 0 saturated heterocycles. The summed E-state index contributed by atoms with van der Waals surface area (Å²) in [5, 5.41) is 7.44. The van der Waals surface area contributed by atoms with Crippen LogP contribution in [0.5, 0.6) is 0 Å². The van der Waals surface area contributed by atoms with E-state index >= 15 is 0 Å². The lowest BCUT2D eigenvalue weighted by Crippen LogP contribution is -2.45. The molecule has 1 fully saturated rings. The molecule has 2 rings (SSSR count). The monoisotopic (exact) mass is 285 g/mol. The molecule has 1 aliphatic rings. The molecular formula is C12H16FN3O2S. The van der Waals surface area contributed by atoms with Crippen molar-refractivity contribution in [3.8, 4) is 0 Å². The zero-order valence-corrected chi connectivity index (χ0v) is 11.3. The van der Waals surface area contributed by atoms with E-state index in [9.17, 15) is 12.8 Å². The average molecular weight is 285 g/mol. The Bertz CT molecular complexity index is 611. The van der Waals surface area contributed by atoms with E-state index in [0.717, 1.165) is 25.0 Å². The summed E-state index contributed by atoms with van der Waals surface area (Å²) in [6.07, 6.45) is 1.71. The van der Waals surface area contributed by atoms with Gasteiger partial charge in [-0.05, 0) is 49.4 Å². The minimum Gasteiger partial charge on any atom is -0.386 e. The Hall–Kier alpha value is -1.47. The largest absolute Gasteiger partial charge is 0.386 e. The Morgan fingerprint density at radius 3 is 2.63 bits per heavy atom. The van der Waals surface area contributed by atoms with Crippen LogP contribution in [0.2, 0.25) is 0 Å². The van der Waals surface area contributed by atoms with Crippen LogP contribution in [0.15, 0.2) is 23.1 Å². The maximum atomic E-state index is 13.0. The van der Waals surface area contributed by atoms with Crippen LogP contribution in [0.25, 0.3) is 0 Å². The third-order valence-corrected chi connectivity index (χ3v) is 4.74. The van der Waals surface area contributed by atoms with Gasteiger partial charge in [-0.25, -0.2) is 17.5 Å². The van der Waals surface area contributed by atoms with Gasteiger partial charge in [-0.15, -0.1) is 0 Å². The number of nitrogens with two attached hydrogens (primary N) is 1. The summed E-state index contributed by atoms with van der Waals surface area (Å²) >= 11 is 0. The van der Waals surface area contributed by atoms with Gasteiger partial charge >= 0.3 is 0 Å². The molecule has 0 aromatic heterocycles. The van der Waals surface area contributed by atoms with Gasteiger partial charge in [0.25, 0.3) is 0 Å². The standard InChI is InChI=1S/C12H16FN3O2S/c1-7-6-9(13)4-5-10(7)19(17,18)16-11(12(14)15)8-2-3-8/h4-6,8,11,16H,2-3H2,1H3,(H3,14,15). The molecule has 4 N–H and O–H groups in total. The molecule has 1 atom stereocenters. The van der Waals surface area contributed by atoms with E-state index in [-0.39, 0.29) is 16.6 Å². The predicted octanol–water partition coefficient (Wildman–Crippen LogP) is 1.13. The molecule has 0 heterocycles. The van der Waals surface area contributed by atoms with Gasteiger partial charge in [0.1, 0.15) is 11.7 Å². The van der Waals surface area contributed by atoms with Gasteiger partial charge in [-0.1, -0.05) is 0 Å². The maximum Gasteiger partial charge on any atom is 0.241 e. The van der Waals surface area contributed by atoms with Crippen molar-refractivity contribution in [1.29, 1.82) is 5.41 Å². The van der Waals surface area contributed by atoms with Gasteiger partial charge in [0, 0.05) is 0 Å². The number of nitrogens with one attached hydrogen (secondary N) is 2. The Balaban J connectivity index is 2.29. The third-order valence-electron chi connectivity index (χ3n) is 3.14. The van der Waals surface area contributed by atoms with E-state index in [1.54, 1.807) is 0 Å². The molecule has 1 aromatic rings. The molecule has 1 unspecified atom stereocenters. The molecule has 7 heteroatoms. The van der Waals surface area contributed by atoms with E-state index < -0.39 is 21.9 Å². The first-order valence-corrected chi connectivity index (χ1v) is 7.42. The highest BCUT2D eigenvalue weighted by molar-refractivity contribution is 7.89. The van der Waals surface area contributed by atoms with Gasteiger partial charge in [-0.2, -0.15) is 0 Å². The summed E-state index contributed by atoms with van der Waals surface area (Å²) < 4.78 is 39.9. The molecule has 0 aliphatic heterocycles. The second-order valence-corrected chi connectivity index (χ2v) is 6.48. The number of hydrogen-bond acceptors (Lipinski definition) is 3. The molecule has 1 aliphatic carbocycles. The molecule has 0 spiro atoms. The van der Waals surface area contributed by atoms with Crippen LogP contribution in [0.1, 0.15) is 18.4 Å². The molecule has 104 valence electrons. The minimum atomic E-state index is -3.79. The number of amidine groups is 1. The van der Waals surface area contributed by atoms with Crippen LogP contribution in [0.3, 0.4) is 0 Å². The van der Waals surface area contributed by atoms with Crippen molar-refractivity contribution >= 4 is 15.9 Å². The van der Waals surface area contributed by atoms with Gasteiger partial charge in [0.15, 0.2) is 0 Å². The van der Waals surface area contributed by atoms with Gasteiger partial charge in [0.05, 0.1) is 10.9 Å². The highest BCUT2D eigenvalue weighted by atomic mass is 32.2. The lowest BCUT2D eigenvalue weighted by atomic mass is 10.2. The van der Waals surface area contributed by atoms with Crippen molar-refractivity contribution in [2.45, 2.75) is 30.7 Å². The molecule has 1 saturated carbocycles. The first-order valence-electron chi connectivity index (χ1n) is 5.93. The van der Waals surface area contributed by atoms with Crippen molar-refractivity contribution in [2.75, 3.05) is 0 Å². The van der Waals surface area contributed by atoms with Crippen LogP contribution in [-0.2, 0) is 10.0 Å². The number of aryl methyl sites for hydroxylation is 1. The molecule has 5 nitrogen and oxygen atoms in total. The molecule has 0 amide bonds. The molecule has 0 radical (unpaired) electrons. The highest BCUT2D eigenvalue weighted by Crippen LogP contribution is 2.33. The summed E-state index contributed by atoms with van der Waals surface area (Å²) in [7, 11) is -3.79. The number of hydrogen-bond donors (Lipinski definition) is 3. The van der Waals surface area contributed by atoms with E-state index in [4.69, 9.17) is 11.1 Å². The second kappa shape index (κ2) is 4.90. The van der Waals surface area contributed by atoms with Crippen molar-refractivity contribution < 1.29 is 12.8 Å². The minimum absolute atomic E-state index is 0.0146. The number of sulfonamides is 1. The summed E-state index contributed by atoms with van der Waals surface area (Å²) in [6, 6.07) is 2.81. The van der Waals surface area contributed by atoms with Gasteiger partial charge < -0.3 is 5.73 Å². The summed E-state index contributed by atoms with van der Waals surface area (Å²) in [6.45, 7) is 1.53. The fourth-order valence-corrected chi connectivity index (χ4v) is 3.50. The lowest BCUT2D eigenvalue weighted by molar-refractivity contribution is 0.561. The van der Waals surface area contributed by atoms with Crippen molar-refractivity contribution in [2.24, 2.45) is 11.7 Å². The van der Waals surface area contributed by atoms with Crippen LogP contribution >= 0.6 is 0 Å². The summed E-state index contributed by atoms with van der Waals surface area (Å²) in [4.78, 5) is 0.0146. The Labute approximate surface area is 111 Å². The third kappa shape index (κ3) is 3.10. The number of rotatable bonds is 5. The molecule has 19 heavy (non-hydrogen) atoms. The molecule has 1 aromatic carbocycles. The van der Waals surface area contributed by atoms with Crippen LogP contribution in [-0.4, -0.2) is 20.3 Å². The number of benzene rings is 1. The van der Waals surface area contributed by atoms with Crippen LogP contribution in [0.4, 0.5) is 4.39 Å². The first kappa shape index (κ1) is 14.0. The van der Waals surface area contributed by atoms with Gasteiger partial charge in [-0.3, -0.25) is 5.41 Å². The predicted molar refractivity (Wildman–Crippen MR) is 69.9 cm³/mol. The molecule has 0 bridgehead atoms. The highest BCUT2D eigenvalue weighted by Gasteiger charge is 2.36. The van der Waals surface area contributed by atoms with Gasteiger partial charge in [0.2, 0.25) is 10.0 Å². The SMILES string of the molecule is Cc1cc(F)ccc1S(=O)(=O)NC(C(=N)N)C1CC1. The fraction of sp³-hybridized carbons (Fsp3) is 0.417. The van der Waals surface area contributed by atoms with Crippen molar-refractivity contribution in [3.63, 3.8) is 0 Å². The zero-order valence-electron chi connectivity index (χ0n) is 10.5. The van der Waals surface area contributed by atoms with Crippen molar-refractivity contribution in [1.82, 2.24) is 4.72 Å². The summed E-state index contributed by atoms with van der Waals surface area (Å²) in [5.74, 6) is -0.583. The first-order chi connectivity index (χ1) is 8.81. The van der Waals surface area contributed by atoms with Crippen LogP contribution < -0.4 is 10.5 Å². The Morgan fingerprint density at radius 1 is 1.53 bits per heavy atom. The quantitative estimate of drug-likeness (QED) is 0.559. The smallest absolute Gasteiger partial charge is 0.241 e. The van der Waals surface area contributed by atoms with Crippen molar-refractivity contribution in [3.05, 3.63) is 29.6 Å². The van der Waals surface area contributed by atoms with E-state index in [1.807, 2.05) is 0 Å². The maximum absolute atomic E-state index is 13.0. The average Bonchev–Trinajstić information content (AvgIpc) is 3.08. The normalized spacial score (nSPS) is 17.2.